The van der Waals surface area contributed by atoms with Gasteiger partial charge in [-0.2, -0.15) is 5.10 Å². The van der Waals surface area contributed by atoms with Crippen molar-refractivity contribution in [3.05, 3.63) is 58.0 Å². The Morgan fingerprint density at radius 1 is 1.29 bits per heavy atom. The van der Waals surface area contributed by atoms with E-state index < -0.39 is 0 Å². The minimum Gasteiger partial charge on any atom is -0.266 e. The third kappa shape index (κ3) is 3.22. The van der Waals surface area contributed by atoms with Crippen LogP contribution >= 0.6 is 11.3 Å². The number of carbonyl (C=O) groups excluding carboxylic acids is 1. The SMILES string of the molecule is O=C(N/N=C\c1ccc(F)cc1)c1cccs1. The van der Waals surface area contributed by atoms with Crippen LogP contribution in [0.15, 0.2) is 46.9 Å². The number of benzene rings is 1. The largest absolute Gasteiger partial charge is 0.281 e. The van der Waals surface area contributed by atoms with Gasteiger partial charge in [0.05, 0.1) is 11.1 Å². The van der Waals surface area contributed by atoms with Gasteiger partial charge in [0.2, 0.25) is 0 Å². The van der Waals surface area contributed by atoms with E-state index in [-0.39, 0.29) is 11.7 Å². The Labute approximate surface area is 102 Å². The first kappa shape index (κ1) is 11.5. The lowest BCUT2D eigenvalue weighted by Crippen LogP contribution is -2.16. The molecule has 5 heteroatoms. The average Bonchev–Trinajstić information content (AvgIpc) is 2.85. The maximum absolute atomic E-state index is 12.6. The first-order valence-corrected chi connectivity index (χ1v) is 5.76. The Kier molecular flexibility index (Phi) is 3.62. The van der Waals surface area contributed by atoms with Crippen LogP contribution in [0.4, 0.5) is 4.39 Å². The van der Waals surface area contributed by atoms with E-state index in [0.717, 1.165) is 5.56 Å². The molecule has 0 fully saturated rings. The fourth-order valence-electron chi connectivity index (χ4n) is 1.18. The number of thiophene rings is 1. The van der Waals surface area contributed by atoms with Crippen molar-refractivity contribution in [1.29, 1.82) is 0 Å². The smallest absolute Gasteiger partial charge is 0.266 e. The molecule has 86 valence electrons. The minimum absolute atomic E-state index is 0.252. The van der Waals surface area contributed by atoms with Crippen LogP contribution in [0.1, 0.15) is 15.2 Å². The molecule has 0 aliphatic carbocycles. The van der Waals surface area contributed by atoms with Gasteiger partial charge in [-0.3, -0.25) is 4.79 Å². The minimum atomic E-state index is -0.301. The second kappa shape index (κ2) is 5.36. The number of carbonyl (C=O) groups is 1. The molecule has 0 spiro atoms. The van der Waals surface area contributed by atoms with Gasteiger partial charge in [-0.15, -0.1) is 11.3 Å². The highest BCUT2D eigenvalue weighted by molar-refractivity contribution is 7.12. The molecule has 0 radical (unpaired) electrons. The summed E-state index contributed by atoms with van der Waals surface area (Å²) >= 11 is 1.34. The van der Waals surface area contributed by atoms with E-state index in [1.54, 1.807) is 24.3 Å². The zero-order valence-corrected chi connectivity index (χ0v) is 9.58. The standard InChI is InChI=1S/C12H9FN2OS/c13-10-5-3-9(4-6-10)8-14-15-12(16)11-2-1-7-17-11/h1-8H,(H,15,16)/b14-8-. The van der Waals surface area contributed by atoms with Crippen LogP contribution in [-0.2, 0) is 0 Å². The zero-order chi connectivity index (χ0) is 12.1. The topological polar surface area (TPSA) is 41.5 Å². The highest BCUT2D eigenvalue weighted by Gasteiger charge is 2.03. The molecule has 0 saturated carbocycles. The van der Waals surface area contributed by atoms with Crippen molar-refractivity contribution in [3.8, 4) is 0 Å². The summed E-state index contributed by atoms with van der Waals surface area (Å²) in [6.07, 6.45) is 1.46. The molecule has 1 aromatic carbocycles. The van der Waals surface area contributed by atoms with E-state index >= 15 is 0 Å². The summed E-state index contributed by atoms with van der Waals surface area (Å²) in [5.41, 5.74) is 3.12. The number of hydrazone groups is 1. The maximum atomic E-state index is 12.6. The number of nitrogens with zero attached hydrogens (tertiary/aromatic N) is 1. The molecule has 1 aromatic heterocycles. The Morgan fingerprint density at radius 3 is 2.71 bits per heavy atom. The fraction of sp³-hybridized carbons (Fsp3) is 0. The Hall–Kier alpha value is -2.01. The predicted octanol–water partition coefficient (Wildman–Crippen LogP) is 2.65. The molecule has 0 aliphatic heterocycles. The lowest BCUT2D eigenvalue weighted by molar-refractivity contribution is 0.0959. The Bertz CT molecular complexity index is 520. The molecule has 0 aliphatic rings. The highest BCUT2D eigenvalue weighted by Crippen LogP contribution is 2.07. The number of nitrogens with one attached hydrogen (secondary N) is 1. The van der Waals surface area contributed by atoms with E-state index in [4.69, 9.17) is 0 Å². The molecular weight excluding hydrogens is 239 g/mol. The lowest BCUT2D eigenvalue weighted by atomic mass is 10.2. The lowest BCUT2D eigenvalue weighted by Gasteiger charge is -1.95. The summed E-state index contributed by atoms with van der Waals surface area (Å²) < 4.78 is 12.6. The zero-order valence-electron chi connectivity index (χ0n) is 8.76. The van der Waals surface area contributed by atoms with Crippen LogP contribution < -0.4 is 5.43 Å². The van der Waals surface area contributed by atoms with Crippen LogP contribution in [0.25, 0.3) is 0 Å². The van der Waals surface area contributed by atoms with Gasteiger partial charge >= 0.3 is 0 Å². The normalized spacial score (nSPS) is 10.6. The van der Waals surface area contributed by atoms with Gasteiger partial charge in [0.25, 0.3) is 5.91 Å². The highest BCUT2D eigenvalue weighted by atomic mass is 32.1. The van der Waals surface area contributed by atoms with E-state index in [9.17, 15) is 9.18 Å². The first-order valence-electron chi connectivity index (χ1n) is 4.88. The molecule has 1 heterocycles. The number of hydrogen-bond donors (Lipinski definition) is 1. The summed E-state index contributed by atoms with van der Waals surface area (Å²) in [6, 6.07) is 9.34. The second-order valence-electron chi connectivity index (χ2n) is 3.23. The van der Waals surface area contributed by atoms with Crippen molar-refractivity contribution in [1.82, 2.24) is 5.43 Å². The molecular formula is C12H9FN2OS. The third-order valence-electron chi connectivity index (χ3n) is 1.99. The second-order valence-corrected chi connectivity index (χ2v) is 4.18. The quantitative estimate of drug-likeness (QED) is 0.658. The number of hydrogen-bond acceptors (Lipinski definition) is 3. The first-order chi connectivity index (χ1) is 8.25. The van der Waals surface area contributed by atoms with Crippen LogP contribution in [0.3, 0.4) is 0 Å². The van der Waals surface area contributed by atoms with Crippen molar-refractivity contribution in [2.24, 2.45) is 5.10 Å². The summed E-state index contributed by atoms with van der Waals surface area (Å²) in [6.45, 7) is 0. The van der Waals surface area contributed by atoms with E-state index in [1.807, 2.05) is 5.38 Å². The summed E-state index contributed by atoms with van der Waals surface area (Å²) in [5.74, 6) is -0.553. The number of rotatable bonds is 3. The van der Waals surface area contributed by atoms with E-state index in [1.165, 1.54) is 29.7 Å². The van der Waals surface area contributed by atoms with Crippen molar-refractivity contribution in [2.45, 2.75) is 0 Å². The van der Waals surface area contributed by atoms with Crippen LogP contribution in [-0.4, -0.2) is 12.1 Å². The molecule has 0 atom stereocenters. The molecule has 2 aromatic rings. The maximum Gasteiger partial charge on any atom is 0.281 e. The molecule has 17 heavy (non-hydrogen) atoms. The molecule has 0 unspecified atom stereocenters. The number of halogens is 1. The molecule has 1 amide bonds. The monoisotopic (exact) mass is 248 g/mol. The van der Waals surface area contributed by atoms with Crippen LogP contribution in [0.2, 0.25) is 0 Å². The van der Waals surface area contributed by atoms with Crippen molar-refractivity contribution >= 4 is 23.5 Å². The average molecular weight is 248 g/mol. The Balaban J connectivity index is 1.94. The number of amides is 1. The van der Waals surface area contributed by atoms with Crippen molar-refractivity contribution in [2.75, 3.05) is 0 Å². The fourth-order valence-corrected chi connectivity index (χ4v) is 1.79. The van der Waals surface area contributed by atoms with Gasteiger partial charge in [-0.05, 0) is 29.1 Å². The summed E-state index contributed by atoms with van der Waals surface area (Å²) in [4.78, 5) is 12.1. The molecule has 0 bridgehead atoms. The summed E-state index contributed by atoms with van der Waals surface area (Å²) in [7, 11) is 0. The van der Waals surface area contributed by atoms with Gasteiger partial charge in [0.15, 0.2) is 0 Å². The summed E-state index contributed by atoms with van der Waals surface area (Å²) in [5, 5.41) is 5.60. The Morgan fingerprint density at radius 2 is 2.06 bits per heavy atom. The van der Waals surface area contributed by atoms with Crippen LogP contribution in [0.5, 0.6) is 0 Å². The van der Waals surface area contributed by atoms with Gasteiger partial charge in [-0.25, -0.2) is 9.82 Å². The van der Waals surface area contributed by atoms with E-state index in [0.29, 0.717) is 4.88 Å². The predicted molar refractivity (Wildman–Crippen MR) is 65.8 cm³/mol. The van der Waals surface area contributed by atoms with Gasteiger partial charge in [-0.1, -0.05) is 18.2 Å². The molecule has 0 saturated heterocycles. The third-order valence-corrected chi connectivity index (χ3v) is 2.86. The van der Waals surface area contributed by atoms with Crippen LogP contribution in [0, 0.1) is 5.82 Å². The molecule has 2 rings (SSSR count). The van der Waals surface area contributed by atoms with Gasteiger partial charge in [0, 0.05) is 0 Å². The van der Waals surface area contributed by atoms with E-state index in [2.05, 4.69) is 10.5 Å². The molecule has 1 N–H and O–H groups in total. The van der Waals surface area contributed by atoms with Gasteiger partial charge < -0.3 is 0 Å². The van der Waals surface area contributed by atoms with Crippen molar-refractivity contribution in [3.63, 3.8) is 0 Å². The molecule has 3 nitrogen and oxygen atoms in total. The van der Waals surface area contributed by atoms with Crippen molar-refractivity contribution < 1.29 is 9.18 Å². The van der Waals surface area contributed by atoms with Gasteiger partial charge in [0.1, 0.15) is 5.82 Å².